The van der Waals surface area contributed by atoms with Crippen LogP contribution in [-0.4, -0.2) is 33.3 Å². The summed E-state index contributed by atoms with van der Waals surface area (Å²) < 4.78 is 8.87. The quantitative estimate of drug-likeness (QED) is 0.200. The standard InChI is InChI=1S/C30H28N2O2S2/c1-30(2,22-9-5-4-6-10-22)23-13-15-24(16-14-23)34-18-17-32-20-21(25-11-7-8-12-26(25)32)19-27-28(33)31(3)29(35)36-27/h4-16,19-20H,17-18H2,1-3H3/b27-19-. The number of fused-ring (bicyclic) bond motifs is 1. The fourth-order valence-electron chi connectivity index (χ4n) is 4.51. The molecule has 0 bridgehead atoms. The molecular weight excluding hydrogens is 484 g/mol. The lowest BCUT2D eigenvalue weighted by molar-refractivity contribution is -0.121. The maximum absolute atomic E-state index is 12.5. The number of rotatable bonds is 7. The average molecular weight is 513 g/mol. The molecule has 0 aliphatic carbocycles. The van der Waals surface area contributed by atoms with Crippen LogP contribution in [-0.2, 0) is 16.8 Å². The molecular formula is C30H28N2O2S2. The van der Waals surface area contributed by atoms with Gasteiger partial charge in [0.25, 0.3) is 5.91 Å². The van der Waals surface area contributed by atoms with Crippen LogP contribution in [0.15, 0.2) is 90.0 Å². The highest BCUT2D eigenvalue weighted by molar-refractivity contribution is 8.26. The van der Waals surface area contributed by atoms with E-state index in [4.69, 9.17) is 17.0 Å². The minimum atomic E-state index is -0.0771. The van der Waals surface area contributed by atoms with Crippen LogP contribution in [0.4, 0.5) is 0 Å². The van der Waals surface area contributed by atoms with Crippen LogP contribution in [0.2, 0.25) is 0 Å². The van der Waals surface area contributed by atoms with Gasteiger partial charge in [-0.2, -0.15) is 0 Å². The molecule has 1 aliphatic heterocycles. The van der Waals surface area contributed by atoms with Gasteiger partial charge in [0.05, 0.1) is 11.4 Å². The first-order valence-electron chi connectivity index (χ1n) is 11.9. The zero-order valence-electron chi connectivity index (χ0n) is 20.6. The Morgan fingerprint density at radius 3 is 2.31 bits per heavy atom. The number of ether oxygens (including phenoxy) is 1. The van der Waals surface area contributed by atoms with Crippen molar-refractivity contribution in [1.29, 1.82) is 0 Å². The monoisotopic (exact) mass is 512 g/mol. The highest BCUT2D eigenvalue weighted by Gasteiger charge is 2.29. The Morgan fingerprint density at radius 1 is 0.944 bits per heavy atom. The average Bonchev–Trinajstić information content (AvgIpc) is 3.36. The molecule has 4 nitrogen and oxygen atoms in total. The predicted molar refractivity (Wildman–Crippen MR) is 153 cm³/mol. The molecule has 182 valence electrons. The van der Waals surface area contributed by atoms with E-state index < -0.39 is 0 Å². The van der Waals surface area contributed by atoms with E-state index in [2.05, 4.69) is 73.1 Å². The number of carbonyl (C=O) groups is 1. The van der Waals surface area contributed by atoms with E-state index >= 15 is 0 Å². The maximum Gasteiger partial charge on any atom is 0.265 e. The van der Waals surface area contributed by atoms with Crippen LogP contribution < -0.4 is 4.74 Å². The smallest absolute Gasteiger partial charge is 0.265 e. The van der Waals surface area contributed by atoms with Crippen LogP contribution in [0.1, 0.15) is 30.5 Å². The van der Waals surface area contributed by atoms with E-state index in [1.54, 1.807) is 7.05 Å². The zero-order chi connectivity index (χ0) is 25.3. The summed E-state index contributed by atoms with van der Waals surface area (Å²) >= 11 is 6.62. The molecule has 0 atom stereocenters. The Bertz CT molecular complexity index is 1450. The van der Waals surface area contributed by atoms with E-state index in [0.717, 1.165) is 22.2 Å². The SMILES string of the molecule is CN1C(=O)/C(=C/c2cn(CCOc3ccc(C(C)(C)c4ccccc4)cc3)c3ccccc23)SC1=S. The van der Waals surface area contributed by atoms with Gasteiger partial charge in [-0.05, 0) is 35.4 Å². The van der Waals surface area contributed by atoms with Gasteiger partial charge in [-0.15, -0.1) is 0 Å². The van der Waals surface area contributed by atoms with Crippen molar-refractivity contribution in [2.75, 3.05) is 13.7 Å². The van der Waals surface area contributed by atoms with Crippen LogP contribution in [0.3, 0.4) is 0 Å². The lowest BCUT2D eigenvalue weighted by Gasteiger charge is -2.26. The van der Waals surface area contributed by atoms with Gasteiger partial charge in [-0.1, -0.05) is 98.5 Å². The van der Waals surface area contributed by atoms with Crippen molar-refractivity contribution < 1.29 is 9.53 Å². The minimum Gasteiger partial charge on any atom is -0.492 e. The van der Waals surface area contributed by atoms with Crippen molar-refractivity contribution >= 4 is 51.2 Å². The van der Waals surface area contributed by atoms with Crippen LogP contribution in [0.5, 0.6) is 5.75 Å². The Labute approximate surface area is 221 Å². The second kappa shape index (κ2) is 9.96. The third-order valence-corrected chi connectivity index (χ3v) is 8.25. The molecule has 1 aromatic heterocycles. The van der Waals surface area contributed by atoms with Gasteiger partial charge in [0, 0.05) is 35.1 Å². The predicted octanol–water partition coefficient (Wildman–Crippen LogP) is 6.88. The molecule has 0 saturated carbocycles. The summed E-state index contributed by atoms with van der Waals surface area (Å²) in [6.45, 7) is 5.72. The topological polar surface area (TPSA) is 34.5 Å². The van der Waals surface area contributed by atoms with Crippen molar-refractivity contribution in [2.45, 2.75) is 25.8 Å². The molecule has 1 fully saturated rings. The molecule has 4 aromatic rings. The molecule has 6 heteroatoms. The zero-order valence-corrected chi connectivity index (χ0v) is 22.2. The van der Waals surface area contributed by atoms with Gasteiger partial charge in [0.2, 0.25) is 0 Å². The van der Waals surface area contributed by atoms with E-state index in [1.807, 2.05) is 36.4 Å². The first-order chi connectivity index (χ1) is 17.3. The number of thioether (sulfide) groups is 1. The number of nitrogens with zero attached hydrogens (tertiary/aromatic N) is 2. The fraction of sp³-hybridized carbons (Fsp3) is 0.200. The lowest BCUT2D eigenvalue weighted by atomic mass is 9.78. The van der Waals surface area contributed by atoms with Gasteiger partial charge in [-0.25, -0.2) is 0 Å². The summed E-state index contributed by atoms with van der Waals surface area (Å²) in [5, 5.41) is 1.10. The number of carbonyl (C=O) groups excluding carboxylic acids is 1. The third-order valence-electron chi connectivity index (χ3n) is 6.76. The normalized spacial score (nSPS) is 15.3. The molecule has 0 radical (unpaired) electrons. The van der Waals surface area contributed by atoms with Gasteiger partial charge >= 0.3 is 0 Å². The molecule has 0 N–H and O–H groups in total. The van der Waals surface area contributed by atoms with Gasteiger partial charge in [0.15, 0.2) is 0 Å². The summed E-state index contributed by atoms with van der Waals surface area (Å²) in [5.74, 6) is 0.801. The molecule has 2 heterocycles. The summed E-state index contributed by atoms with van der Waals surface area (Å²) in [5.41, 5.74) is 4.58. The molecule has 5 rings (SSSR count). The number of aromatic nitrogens is 1. The summed E-state index contributed by atoms with van der Waals surface area (Å²) in [7, 11) is 1.72. The number of thiocarbonyl (C=S) groups is 1. The maximum atomic E-state index is 12.5. The fourth-order valence-corrected chi connectivity index (χ4v) is 5.68. The van der Waals surface area contributed by atoms with Crippen molar-refractivity contribution in [3.63, 3.8) is 0 Å². The summed E-state index contributed by atoms with van der Waals surface area (Å²) in [6, 6.07) is 27.2. The van der Waals surface area contributed by atoms with Crippen molar-refractivity contribution in [2.24, 2.45) is 0 Å². The number of para-hydroxylation sites is 1. The Balaban J connectivity index is 1.29. The highest BCUT2D eigenvalue weighted by Crippen LogP contribution is 2.34. The van der Waals surface area contributed by atoms with Crippen molar-refractivity contribution in [3.8, 4) is 5.75 Å². The van der Waals surface area contributed by atoms with E-state index in [9.17, 15) is 4.79 Å². The highest BCUT2D eigenvalue weighted by atomic mass is 32.2. The molecule has 1 amide bonds. The lowest BCUT2D eigenvalue weighted by Crippen LogP contribution is -2.22. The van der Waals surface area contributed by atoms with Crippen LogP contribution >= 0.6 is 24.0 Å². The Morgan fingerprint density at radius 2 is 1.61 bits per heavy atom. The summed E-state index contributed by atoms with van der Waals surface area (Å²) in [6.07, 6.45) is 4.03. The second-order valence-corrected chi connectivity index (χ2v) is 11.1. The van der Waals surface area contributed by atoms with Crippen LogP contribution in [0.25, 0.3) is 17.0 Å². The number of likely N-dealkylation sites (N-methyl/N-ethyl adjacent to an activating group) is 1. The number of hydrogen-bond donors (Lipinski definition) is 0. The summed E-state index contributed by atoms with van der Waals surface area (Å²) in [4.78, 5) is 14.7. The van der Waals surface area contributed by atoms with Crippen molar-refractivity contribution in [3.05, 3.63) is 107 Å². The third kappa shape index (κ3) is 4.71. The molecule has 0 spiro atoms. The van der Waals surface area contributed by atoms with E-state index in [1.165, 1.54) is 27.8 Å². The Kier molecular flexibility index (Phi) is 6.73. The number of amides is 1. The first kappa shape index (κ1) is 24.3. The number of benzene rings is 3. The largest absolute Gasteiger partial charge is 0.492 e. The van der Waals surface area contributed by atoms with E-state index in [-0.39, 0.29) is 11.3 Å². The number of hydrogen-bond acceptors (Lipinski definition) is 4. The molecule has 1 aliphatic rings. The van der Waals surface area contributed by atoms with E-state index in [0.29, 0.717) is 22.4 Å². The first-order valence-corrected chi connectivity index (χ1v) is 13.2. The van der Waals surface area contributed by atoms with Gasteiger partial charge < -0.3 is 9.30 Å². The molecule has 1 saturated heterocycles. The van der Waals surface area contributed by atoms with Crippen molar-refractivity contribution in [1.82, 2.24) is 9.47 Å². The van der Waals surface area contributed by atoms with Gasteiger partial charge in [-0.3, -0.25) is 9.69 Å². The Hall–Kier alpha value is -3.35. The van der Waals surface area contributed by atoms with Gasteiger partial charge in [0.1, 0.15) is 16.7 Å². The second-order valence-electron chi connectivity index (χ2n) is 9.40. The molecule has 36 heavy (non-hydrogen) atoms. The van der Waals surface area contributed by atoms with Crippen LogP contribution in [0, 0.1) is 0 Å². The minimum absolute atomic E-state index is 0.0518. The molecule has 3 aromatic carbocycles. The molecule has 0 unspecified atom stereocenters.